The SMILES string of the molecule is CCN1C(=O)C(C)(C)c2ccc(NC(=O)c3ccncc3)cc21.CN1C(=O)C(C)(C)c2ccc(NC(=O)c3cccnc3)cc21.Cc1cc(C(=O)Nc2ccc3c(c2)N(C)C(=O)C3(C)C)ccn1. The van der Waals surface area contributed by atoms with Gasteiger partial charge in [0.05, 0.1) is 21.8 Å². The quantitative estimate of drug-likeness (QED) is 0.141. The number of benzene rings is 3. The van der Waals surface area contributed by atoms with E-state index in [0.717, 1.165) is 39.4 Å². The predicted octanol–water partition coefficient (Wildman–Crippen LogP) is 8.46. The van der Waals surface area contributed by atoms with Crippen molar-refractivity contribution >= 4 is 69.6 Å². The average Bonchev–Trinajstić information content (AvgIpc) is 3.71. The standard InChI is InChI=1S/2C18H19N3O2.C17H17N3O2/c1-11-9-12(7-8-19-11)16(22)20-13-5-6-14-15(10-13)21(4)17(23)18(14,2)3;1-4-21-15-11-13(5-6-14(15)18(2,3)17(21)23)20-16(22)12-7-9-19-10-8-12;1-17(2)13-7-6-12(9-14(13)20(3)16(17)22)19-15(21)11-5-4-8-18-10-11/h5-10H,1-4H3,(H,20,22);5-11H,4H2,1-3H3,(H,20,22);4-10H,1-3H3,(H,19,21). The monoisotopic (exact) mass is 913 g/mol. The normalized spacial score (nSPS) is 15.5. The lowest BCUT2D eigenvalue weighted by atomic mass is 9.86. The first-order chi connectivity index (χ1) is 32.2. The Morgan fingerprint density at radius 1 is 0.515 bits per heavy atom. The smallest absolute Gasteiger partial charge is 0.257 e. The third-order valence-electron chi connectivity index (χ3n) is 12.6. The fourth-order valence-electron chi connectivity index (χ4n) is 8.65. The van der Waals surface area contributed by atoms with Crippen molar-refractivity contribution in [3.63, 3.8) is 0 Å². The van der Waals surface area contributed by atoms with Gasteiger partial charge in [-0.3, -0.25) is 43.7 Å². The molecule has 0 bridgehead atoms. The molecule has 0 unspecified atom stereocenters. The summed E-state index contributed by atoms with van der Waals surface area (Å²) < 4.78 is 0. The van der Waals surface area contributed by atoms with Gasteiger partial charge in [-0.05, 0) is 145 Å². The molecule has 0 saturated carbocycles. The van der Waals surface area contributed by atoms with Crippen LogP contribution in [-0.4, -0.2) is 71.0 Å². The second kappa shape index (κ2) is 18.7. The van der Waals surface area contributed by atoms with E-state index in [1.807, 2.05) is 110 Å². The molecule has 3 aromatic carbocycles. The van der Waals surface area contributed by atoms with Gasteiger partial charge in [-0.25, -0.2) is 0 Å². The number of fused-ring (bicyclic) bond motifs is 3. The van der Waals surface area contributed by atoms with Gasteiger partial charge in [0.25, 0.3) is 17.7 Å². The largest absolute Gasteiger partial charge is 0.322 e. The van der Waals surface area contributed by atoms with Crippen molar-refractivity contribution in [3.05, 3.63) is 161 Å². The van der Waals surface area contributed by atoms with Gasteiger partial charge in [0.1, 0.15) is 0 Å². The van der Waals surface area contributed by atoms with Crippen LogP contribution in [-0.2, 0) is 30.6 Å². The summed E-state index contributed by atoms with van der Waals surface area (Å²) in [5.74, 6) is -0.411. The summed E-state index contributed by atoms with van der Waals surface area (Å²) in [6, 6.07) is 26.9. The number of likely N-dealkylation sites (N-methyl/N-ethyl adjacent to an activating group) is 3. The van der Waals surface area contributed by atoms with Crippen LogP contribution in [0.1, 0.15) is 102 Å². The summed E-state index contributed by atoms with van der Waals surface area (Å²) >= 11 is 0. The molecule has 3 aliphatic rings. The van der Waals surface area contributed by atoms with Crippen LogP contribution in [0.15, 0.2) is 122 Å². The van der Waals surface area contributed by atoms with Gasteiger partial charge in [-0.15, -0.1) is 0 Å². The highest BCUT2D eigenvalue weighted by atomic mass is 16.2. The number of hydrogen-bond donors (Lipinski definition) is 3. The van der Waals surface area contributed by atoms with Crippen molar-refractivity contribution in [1.82, 2.24) is 15.0 Å². The van der Waals surface area contributed by atoms with Crippen LogP contribution in [0.3, 0.4) is 0 Å². The number of nitrogens with zero attached hydrogens (tertiary/aromatic N) is 6. The first-order valence-corrected chi connectivity index (χ1v) is 22.2. The summed E-state index contributed by atoms with van der Waals surface area (Å²) in [7, 11) is 3.51. The van der Waals surface area contributed by atoms with Crippen LogP contribution in [0.4, 0.5) is 34.1 Å². The molecule has 6 aromatic rings. The lowest BCUT2D eigenvalue weighted by molar-refractivity contribution is -0.122. The maximum absolute atomic E-state index is 12.5. The molecule has 0 aliphatic carbocycles. The van der Waals surface area contributed by atoms with Crippen LogP contribution in [0.25, 0.3) is 0 Å². The summed E-state index contributed by atoms with van der Waals surface area (Å²) in [6.07, 6.45) is 7.91. The first-order valence-electron chi connectivity index (χ1n) is 22.2. The molecule has 6 heterocycles. The highest BCUT2D eigenvalue weighted by molar-refractivity contribution is 6.11. The number of nitrogens with one attached hydrogen (secondary N) is 3. The fourth-order valence-corrected chi connectivity index (χ4v) is 8.65. The molecule has 15 heteroatoms. The van der Waals surface area contributed by atoms with E-state index in [4.69, 9.17) is 0 Å². The highest BCUT2D eigenvalue weighted by Gasteiger charge is 2.44. The van der Waals surface area contributed by atoms with E-state index in [0.29, 0.717) is 40.3 Å². The van der Waals surface area contributed by atoms with E-state index in [2.05, 4.69) is 30.9 Å². The number of anilines is 6. The van der Waals surface area contributed by atoms with E-state index >= 15 is 0 Å². The maximum atomic E-state index is 12.5. The lowest BCUT2D eigenvalue weighted by Crippen LogP contribution is -2.35. The topological polar surface area (TPSA) is 187 Å². The van der Waals surface area contributed by atoms with Gasteiger partial charge in [0.2, 0.25) is 17.7 Å². The lowest BCUT2D eigenvalue weighted by Gasteiger charge is -2.18. The molecule has 9 rings (SSSR count). The Morgan fingerprint density at radius 3 is 1.43 bits per heavy atom. The van der Waals surface area contributed by atoms with Crippen molar-refractivity contribution in [2.45, 2.75) is 71.6 Å². The Kier molecular flexibility index (Phi) is 13.1. The average molecular weight is 914 g/mol. The Morgan fingerprint density at radius 2 is 0.956 bits per heavy atom. The first kappa shape index (κ1) is 47.9. The Balaban J connectivity index is 0.000000151. The number of hydrogen-bond acceptors (Lipinski definition) is 9. The molecule has 6 amide bonds. The van der Waals surface area contributed by atoms with Gasteiger partial charge in [0, 0.05) is 103 Å². The van der Waals surface area contributed by atoms with Crippen molar-refractivity contribution < 1.29 is 28.8 Å². The van der Waals surface area contributed by atoms with Gasteiger partial charge >= 0.3 is 0 Å². The highest BCUT2D eigenvalue weighted by Crippen LogP contribution is 2.44. The number of carbonyl (C=O) groups is 6. The summed E-state index contributed by atoms with van der Waals surface area (Å²) in [5.41, 5.74) is 8.27. The molecule has 0 radical (unpaired) electrons. The van der Waals surface area contributed by atoms with Gasteiger partial charge < -0.3 is 30.7 Å². The molecule has 0 fully saturated rings. The zero-order chi connectivity index (χ0) is 49.3. The summed E-state index contributed by atoms with van der Waals surface area (Å²) in [4.78, 5) is 90.8. The molecule has 348 valence electrons. The van der Waals surface area contributed by atoms with Crippen LogP contribution in [0.5, 0.6) is 0 Å². The summed E-state index contributed by atoms with van der Waals surface area (Å²) in [5, 5.41) is 8.58. The molecule has 0 atom stereocenters. The Labute approximate surface area is 396 Å². The molecule has 68 heavy (non-hydrogen) atoms. The van der Waals surface area contributed by atoms with Gasteiger partial charge in [-0.1, -0.05) is 18.2 Å². The fraction of sp³-hybridized carbons (Fsp3) is 0.264. The van der Waals surface area contributed by atoms with Crippen molar-refractivity contribution in [2.24, 2.45) is 0 Å². The molecule has 3 aromatic heterocycles. The number of aromatic nitrogens is 3. The zero-order valence-corrected chi connectivity index (χ0v) is 39.9. The number of pyridine rings is 3. The second-order valence-corrected chi connectivity index (χ2v) is 18.4. The molecule has 0 spiro atoms. The molecule has 15 nitrogen and oxygen atoms in total. The molecular formula is C53H55N9O6. The van der Waals surface area contributed by atoms with Crippen LogP contribution < -0.4 is 30.7 Å². The molecule has 0 saturated heterocycles. The molecule has 3 N–H and O–H groups in total. The van der Waals surface area contributed by atoms with Gasteiger partial charge in [-0.2, -0.15) is 0 Å². The maximum Gasteiger partial charge on any atom is 0.257 e. The number of carbonyl (C=O) groups excluding carboxylic acids is 6. The summed E-state index contributed by atoms with van der Waals surface area (Å²) in [6.45, 7) is 15.9. The Bertz CT molecular complexity index is 2970. The van der Waals surface area contributed by atoms with Crippen molar-refractivity contribution in [2.75, 3.05) is 51.3 Å². The van der Waals surface area contributed by atoms with Gasteiger partial charge in [0.15, 0.2) is 0 Å². The minimum atomic E-state index is -0.533. The van der Waals surface area contributed by atoms with Crippen LogP contribution in [0, 0.1) is 6.92 Å². The van der Waals surface area contributed by atoms with E-state index in [1.165, 1.54) is 6.20 Å². The number of aryl methyl sites for hydroxylation is 1. The van der Waals surface area contributed by atoms with Crippen molar-refractivity contribution in [3.8, 4) is 0 Å². The Hall–Kier alpha value is -8.07. The van der Waals surface area contributed by atoms with E-state index < -0.39 is 16.2 Å². The number of rotatable bonds is 7. The van der Waals surface area contributed by atoms with Crippen LogP contribution in [0.2, 0.25) is 0 Å². The number of amides is 6. The molecule has 3 aliphatic heterocycles. The minimum absolute atomic E-state index is 0.0539. The second-order valence-electron chi connectivity index (χ2n) is 18.4. The molecular weight excluding hydrogens is 859 g/mol. The minimum Gasteiger partial charge on any atom is -0.322 e. The van der Waals surface area contributed by atoms with E-state index in [9.17, 15) is 28.8 Å². The van der Waals surface area contributed by atoms with E-state index in [-0.39, 0.29) is 35.4 Å². The third kappa shape index (κ3) is 9.19. The zero-order valence-electron chi connectivity index (χ0n) is 39.9. The van der Waals surface area contributed by atoms with Crippen molar-refractivity contribution in [1.29, 1.82) is 0 Å². The predicted molar refractivity (Wildman–Crippen MR) is 265 cm³/mol. The van der Waals surface area contributed by atoms with E-state index in [1.54, 1.807) is 90.0 Å². The van der Waals surface area contributed by atoms with Crippen LogP contribution >= 0.6 is 0 Å². The third-order valence-corrected chi connectivity index (χ3v) is 12.6.